The molecular weight excluding hydrogens is 278 g/mol. The van der Waals surface area contributed by atoms with Gasteiger partial charge in [-0.25, -0.2) is 4.79 Å². The molecule has 0 unspecified atom stereocenters. The lowest BCUT2D eigenvalue weighted by Gasteiger charge is -2.24. The average Bonchev–Trinajstić information content (AvgIpc) is 2.48. The predicted octanol–water partition coefficient (Wildman–Crippen LogP) is 5.08. The second-order valence-corrected chi connectivity index (χ2v) is 6.49. The third kappa shape index (κ3) is 8.40. The first-order valence-corrected chi connectivity index (χ1v) is 9.16. The lowest BCUT2D eigenvalue weighted by Crippen LogP contribution is -2.18. The van der Waals surface area contributed by atoms with Crippen molar-refractivity contribution in [2.75, 3.05) is 6.61 Å². The van der Waals surface area contributed by atoms with Crippen LogP contribution in [0.15, 0.2) is 5.16 Å². The highest BCUT2D eigenvalue weighted by Crippen LogP contribution is 2.30. The molecular formula is C18H33NO3. The van der Waals surface area contributed by atoms with Gasteiger partial charge in [0.1, 0.15) is 0 Å². The normalized spacial score (nSPS) is 15.6. The number of hydrogen-bond acceptors (Lipinski definition) is 4. The zero-order valence-electron chi connectivity index (χ0n) is 14.2. The van der Waals surface area contributed by atoms with Gasteiger partial charge in [-0.2, -0.15) is 0 Å². The van der Waals surface area contributed by atoms with Crippen LogP contribution in [0.1, 0.15) is 90.4 Å². The van der Waals surface area contributed by atoms with E-state index in [0.717, 1.165) is 31.6 Å². The summed E-state index contributed by atoms with van der Waals surface area (Å²) in [5.74, 6) is 0.453. The minimum Gasteiger partial charge on any atom is -0.461 e. The van der Waals surface area contributed by atoms with Crippen molar-refractivity contribution in [3.63, 3.8) is 0 Å². The zero-order chi connectivity index (χ0) is 16.0. The van der Waals surface area contributed by atoms with E-state index >= 15 is 0 Å². The Morgan fingerprint density at radius 1 is 1.09 bits per heavy atom. The Morgan fingerprint density at radius 2 is 1.82 bits per heavy atom. The Hall–Kier alpha value is -1.06. The van der Waals surface area contributed by atoms with Gasteiger partial charge in [0.2, 0.25) is 0 Å². The van der Waals surface area contributed by atoms with Crippen molar-refractivity contribution in [1.82, 2.24) is 0 Å². The minimum atomic E-state index is -0.445. The summed E-state index contributed by atoms with van der Waals surface area (Å²) < 4.78 is 5.18. The fraction of sp³-hybridized carbons (Fsp3) is 0.889. The summed E-state index contributed by atoms with van der Waals surface area (Å²) in [4.78, 5) is 11.8. The van der Waals surface area contributed by atoms with Crippen LogP contribution in [0.4, 0.5) is 0 Å². The molecule has 0 aromatic rings. The van der Waals surface area contributed by atoms with E-state index in [9.17, 15) is 4.79 Å². The molecule has 128 valence electrons. The standard InChI is InChI=1S/C18H33NO3/c1-2-3-4-5-6-9-15-22-18(20)17(19-21)14-8-7-11-16-12-10-13-16/h16,21H,2-15H2,1H3/b19-17+. The van der Waals surface area contributed by atoms with Gasteiger partial charge < -0.3 is 9.94 Å². The van der Waals surface area contributed by atoms with E-state index in [1.165, 1.54) is 51.4 Å². The first kappa shape index (κ1) is 19.0. The smallest absolute Gasteiger partial charge is 0.356 e. The Bertz CT molecular complexity index is 324. The molecule has 0 bridgehead atoms. The lowest BCUT2D eigenvalue weighted by atomic mass is 9.81. The molecule has 1 rings (SSSR count). The van der Waals surface area contributed by atoms with E-state index < -0.39 is 5.97 Å². The fourth-order valence-corrected chi connectivity index (χ4v) is 2.83. The maximum atomic E-state index is 11.8. The number of carbonyl (C=O) groups is 1. The van der Waals surface area contributed by atoms with Crippen molar-refractivity contribution in [2.24, 2.45) is 11.1 Å². The van der Waals surface area contributed by atoms with Crippen molar-refractivity contribution in [3.8, 4) is 0 Å². The molecule has 4 heteroatoms. The fourth-order valence-electron chi connectivity index (χ4n) is 2.83. The number of carbonyl (C=O) groups excluding carboxylic acids is 1. The van der Waals surface area contributed by atoms with Gasteiger partial charge in [0.05, 0.1) is 6.61 Å². The third-order valence-corrected chi connectivity index (χ3v) is 4.59. The number of ether oxygens (including phenoxy) is 1. The molecule has 0 atom stereocenters. The third-order valence-electron chi connectivity index (χ3n) is 4.59. The van der Waals surface area contributed by atoms with Crippen molar-refractivity contribution < 1.29 is 14.7 Å². The molecule has 0 aliphatic heterocycles. The van der Waals surface area contributed by atoms with Gasteiger partial charge in [0.15, 0.2) is 5.71 Å². The Morgan fingerprint density at radius 3 is 2.45 bits per heavy atom. The molecule has 0 spiro atoms. The molecule has 0 saturated heterocycles. The summed E-state index contributed by atoms with van der Waals surface area (Å²) in [6.07, 6.45) is 14.9. The van der Waals surface area contributed by atoms with Gasteiger partial charge in [-0.3, -0.25) is 0 Å². The molecule has 0 amide bonds. The molecule has 0 heterocycles. The molecule has 1 aliphatic rings. The topological polar surface area (TPSA) is 58.9 Å². The van der Waals surface area contributed by atoms with Gasteiger partial charge in [-0.05, 0) is 18.8 Å². The Kier molecular flexibility index (Phi) is 10.8. The molecule has 1 aliphatic carbocycles. The maximum Gasteiger partial charge on any atom is 0.356 e. The summed E-state index contributed by atoms with van der Waals surface area (Å²) in [6.45, 7) is 2.63. The van der Waals surface area contributed by atoms with Crippen molar-refractivity contribution in [2.45, 2.75) is 90.4 Å². The molecule has 1 fully saturated rings. The lowest BCUT2D eigenvalue weighted by molar-refractivity contribution is -0.136. The number of hydrogen-bond donors (Lipinski definition) is 1. The monoisotopic (exact) mass is 311 g/mol. The maximum absolute atomic E-state index is 11.8. The summed E-state index contributed by atoms with van der Waals surface area (Å²) in [5.41, 5.74) is 0.180. The second kappa shape index (κ2) is 12.5. The number of oxime groups is 1. The van der Waals surface area contributed by atoms with E-state index in [0.29, 0.717) is 13.0 Å². The van der Waals surface area contributed by atoms with Crippen LogP contribution in [-0.2, 0) is 9.53 Å². The van der Waals surface area contributed by atoms with Gasteiger partial charge in [-0.1, -0.05) is 76.3 Å². The van der Waals surface area contributed by atoms with E-state index in [1.54, 1.807) is 0 Å². The first-order valence-electron chi connectivity index (χ1n) is 9.16. The Labute approximate surface area is 135 Å². The predicted molar refractivity (Wildman–Crippen MR) is 89.4 cm³/mol. The summed E-state index contributed by atoms with van der Waals surface area (Å²) >= 11 is 0. The molecule has 0 aromatic heterocycles. The van der Waals surface area contributed by atoms with Crippen LogP contribution < -0.4 is 0 Å². The van der Waals surface area contributed by atoms with E-state index in [1.807, 2.05) is 0 Å². The highest BCUT2D eigenvalue weighted by Gasteiger charge is 2.17. The molecule has 22 heavy (non-hydrogen) atoms. The van der Waals surface area contributed by atoms with Crippen LogP contribution in [-0.4, -0.2) is 23.5 Å². The number of unbranched alkanes of at least 4 members (excludes halogenated alkanes) is 6. The summed E-state index contributed by atoms with van der Waals surface area (Å²) in [5, 5.41) is 12.1. The van der Waals surface area contributed by atoms with Crippen molar-refractivity contribution in [3.05, 3.63) is 0 Å². The number of esters is 1. The molecule has 0 aromatic carbocycles. The second-order valence-electron chi connectivity index (χ2n) is 6.49. The molecule has 4 nitrogen and oxygen atoms in total. The minimum absolute atomic E-state index is 0.180. The molecule has 1 saturated carbocycles. The van der Waals surface area contributed by atoms with Gasteiger partial charge in [0, 0.05) is 6.42 Å². The van der Waals surface area contributed by atoms with Crippen LogP contribution >= 0.6 is 0 Å². The highest BCUT2D eigenvalue weighted by atomic mass is 16.5. The molecule has 1 N–H and O–H groups in total. The number of nitrogens with zero attached hydrogens (tertiary/aromatic N) is 1. The summed E-state index contributed by atoms with van der Waals surface area (Å²) in [7, 11) is 0. The van der Waals surface area contributed by atoms with E-state index in [4.69, 9.17) is 9.94 Å². The number of rotatable bonds is 13. The van der Waals surface area contributed by atoms with E-state index in [2.05, 4.69) is 12.1 Å². The van der Waals surface area contributed by atoms with Gasteiger partial charge in [0.25, 0.3) is 0 Å². The van der Waals surface area contributed by atoms with E-state index in [-0.39, 0.29) is 5.71 Å². The van der Waals surface area contributed by atoms with Gasteiger partial charge >= 0.3 is 5.97 Å². The van der Waals surface area contributed by atoms with Crippen LogP contribution in [0.2, 0.25) is 0 Å². The zero-order valence-corrected chi connectivity index (χ0v) is 14.2. The van der Waals surface area contributed by atoms with Gasteiger partial charge in [-0.15, -0.1) is 0 Å². The van der Waals surface area contributed by atoms with Crippen LogP contribution in [0, 0.1) is 5.92 Å². The highest BCUT2D eigenvalue weighted by molar-refractivity contribution is 6.36. The van der Waals surface area contributed by atoms with Crippen LogP contribution in [0.3, 0.4) is 0 Å². The van der Waals surface area contributed by atoms with Crippen LogP contribution in [0.5, 0.6) is 0 Å². The van der Waals surface area contributed by atoms with Crippen molar-refractivity contribution in [1.29, 1.82) is 0 Å². The summed E-state index contributed by atoms with van der Waals surface area (Å²) in [6, 6.07) is 0. The van der Waals surface area contributed by atoms with Crippen molar-refractivity contribution >= 4 is 11.7 Å². The quantitative estimate of drug-likeness (QED) is 0.170. The Balaban J connectivity index is 2.00. The SMILES string of the molecule is CCCCCCCCOC(=O)/C(CCCCC1CCC1)=N/O. The molecule has 0 radical (unpaired) electrons. The first-order chi connectivity index (χ1) is 10.8. The largest absolute Gasteiger partial charge is 0.461 e. The van der Waals surface area contributed by atoms with Crippen LogP contribution in [0.25, 0.3) is 0 Å². The average molecular weight is 311 g/mol.